The first-order valence-corrected chi connectivity index (χ1v) is 6.46. The summed E-state index contributed by atoms with van der Waals surface area (Å²) in [4.78, 5) is 13.3. The third-order valence-electron chi connectivity index (χ3n) is 3.17. The number of aryl methyl sites for hydroxylation is 2. The fourth-order valence-electron chi connectivity index (χ4n) is 2.16. The molecule has 0 radical (unpaired) electrons. The van der Waals surface area contributed by atoms with Gasteiger partial charge in [-0.25, -0.2) is 0 Å². The Morgan fingerprint density at radius 1 is 1.57 bits per heavy atom. The minimum absolute atomic E-state index is 0.0383. The molecule has 118 valence electrons. The highest BCUT2D eigenvalue weighted by Gasteiger charge is 2.43. The van der Waals surface area contributed by atoms with Gasteiger partial charge in [0.2, 0.25) is 5.91 Å². The molecular weight excluding hydrogens is 289 g/mol. The molecule has 1 unspecified atom stereocenters. The van der Waals surface area contributed by atoms with E-state index in [4.69, 9.17) is 0 Å². The number of carbonyl (C=O) groups excluding carboxylic acids is 1. The predicted molar refractivity (Wildman–Crippen MR) is 68.8 cm³/mol. The molecule has 0 bridgehead atoms. The highest BCUT2D eigenvalue weighted by molar-refractivity contribution is 5.92. The molecule has 0 saturated carbocycles. The molecule has 0 aliphatic carbocycles. The number of halogens is 3. The monoisotopic (exact) mass is 306 g/mol. The van der Waals surface area contributed by atoms with Gasteiger partial charge in [-0.05, 0) is 6.92 Å². The molecule has 2 heterocycles. The third-order valence-corrected chi connectivity index (χ3v) is 3.17. The van der Waals surface area contributed by atoms with Crippen LogP contribution < -0.4 is 5.32 Å². The topological polar surface area (TPSA) is 59.4 Å². The van der Waals surface area contributed by atoms with E-state index in [0.29, 0.717) is 17.9 Å². The number of morpholine rings is 1. The van der Waals surface area contributed by atoms with Crippen LogP contribution in [0.2, 0.25) is 0 Å². The number of nitrogens with zero attached hydrogens (tertiary/aromatic N) is 3. The maximum absolute atomic E-state index is 12.6. The van der Waals surface area contributed by atoms with Gasteiger partial charge in [0, 0.05) is 26.3 Å². The van der Waals surface area contributed by atoms with Crippen molar-refractivity contribution in [1.82, 2.24) is 14.7 Å². The summed E-state index contributed by atoms with van der Waals surface area (Å²) >= 11 is 0. The average molecular weight is 306 g/mol. The number of alkyl halides is 3. The van der Waals surface area contributed by atoms with Crippen LogP contribution in [0.15, 0.2) is 6.20 Å². The molecule has 1 aromatic rings. The SMILES string of the molecule is Cc1nn(C)cc1NC(=O)CN1CCOC(C(F)(F)F)C1. The lowest BCUT2D eigenvalue weighted by Gasteiger charge is -2.33. The summed E-state index contributed by atoms with van der Waals surface area (Å²) in [5, 5.41) is 6.72. The first-order valence-electron chi connectivity index (χ1n) is 6.46. The van der Waals surface area contributed by atoms with E-state index < -0.39 is 12.3 Å². The number of amides is 1. The number of hydrogen-bond acceptors (Lipinski definition) is 4. The standard InChI is InChI=1S/C12H17F3N4O2/c1-8-9(5-18(2)17-8)16-11(20)7-19-3-4-21-10(6-19)12(13,14)15/h5,10H,3-4,6-7H2,1-2H3,(H,16,20). The molecule has 0 aromatic carbocycles. The van der Waals surface area contributed by atoms with Crippen molar-refractivity contribution >= 4 is 11.6 Å². The quantitative estimate of drug-likeness (QED) is 0.902. The number of aromatic nitrogens is 2. The molecule has 1 atom stereocenters. The summed E-state index contributed by atoms with van der Waals surface area (Å²) in [5.41, 5.74) is 1.21. The van der Waals surface area contributed by atoms with E-state index in [1.807, 2.05) is 0 Å². The minimum Gasteiger partial charge on any atom is -0.366 e. The zero-order chi connectivity index (χ0) is 15.6. The number of nitrogens with one attached hydrogen (secondary N) is 1. The van der Waals surface area contributed by atoms with Crippen molar-refractivity contribution in [3.8, 4) is 0 Å². The third kappa shape index (κ3) is 4.18. The maximum atomic E-state index is 12.6. The van der Waals surface area contributed by atoms with Crippen LogP contribution >= 0.6 is 0 Å². The molecule has 21 heavy (non-hydrogen) atoms. The van der Waals surface area contributed by atoms with Crippen molar-refractivity contribution < 1.29 is 22.7 Å². The van der Waals surface area contributed by atoms with Crippen LogP contribution in [0.4, 0.5) is 18.9 Å². The lowest BCUT2D eigenvalue weighted by Crippen LogP contribution is -2.50. The van der Waals surface area contributed by atoms with Gasteiger partial charge in [-0.1, -0.05) is 0 Å². The first kappa shape index (κ1) is 15.8. The molecule has 0 spiro atoms. The second-order valence-corrected chi connectivity index (χ2v) is 4.99. The zero-order valence-corrected chi connectivity index (χ0v) is 11.8. The van der Waals surface area contributed by atoms with E-state index in [1.54, 1.807) is 24.9 Å². The molecule has 9 heteroatoms. The van der Waals surface area contributed by atoms with Gasteiger partial charge in [-0.2, -0.15) is 18.3 Å². The minimum atomic E-state index is -4.41. The zero-order valence-electron chi connectivity index (χ0n) is 11.8. The molecule has 1 amide bonds. The van der Waals surface area contributed by atoms with Crippen LogP contribution in [0.25, 0.3) is 0 Å². The van der Waals surface area contributed by atoms with Gasteiger partial charge in [0.15, 0.2) is 6.10 Å². The Kier molecular flexibility index (Phi) is 4.52. The molecule has 6 nitrogen and oxygen atoms in total. The van der Waals surface area contributed by atoms with Gasteiger partial charge in [-0.15, -0.1) is 0 Å². The van der Waals surface area contributed by atoms with E-state index >= 15 is 0 Å². The first-order chi connectivity index (χ1) is 9.75. The maximum Gasteiger partial charge on any atom is 0.415 e. The van der Waals surface area contributed by atoms with Crippen LogP contribution in [-0.4, -0.2) is 59.1 Å². The number of hydrogen-bond donors (Lipinski definition) is 1. The van der Waals surface area contributed by atoms with Crippen molar-refractivity contribution in [3.05, 3.63) is 11.9 Å². The van der Waals surface area contributed by atoms with Gasteiger partial charge in [-0.3, -0.25) is 14.4 Å². The largest absolute Gasteiger partial charge is 0.415 e. The van der Waals surface area contributed by atoms with Gasteiger partial charge < -0.3 is 10.1 Å². The Morgan fingerprint density at radius 3 is 2.86 bits per heavy atom. The molecule has 1 saturated heterocycles. The molecule has 2 rings (SSSR count). The second-order valence-electron chi connectivity index (χ2n) is 4.99. The van der Waals surface area contributed by atoms with Crippen LogP contribution in [-0.2, 0) is 16.6 Å². The lowest BCUT2D eigenvalue weighted by atomic mass is 10.2. The fourth-order valence-corrected chi connectivity index (χ4v) is 2.16. The summed E-state index contributed by atoms with van der Waals surface area (Å²) in [6, 6.07) is 0. The summed E-state index contributed by atoms with van der Waals surface area (Å²) in [6.45, 7) is 1.56. The predicted octanol–water partition coefficient (Wildman–Crippen LogP) is 0.930. The van der Waals surface area contributed by atoms with Crippen molar-refractivity contribution in [3.63, 3.8) is 0 Å². The number of anilines is 1. The van der Waals surface area contributed by atoms with Gasteiger partial charge >= 0.3 is 6.18 Å². The van der Waals surface area contributed by atoms with Crippen LogP contribution in [0.5, 0.6) is 0 Å². The van der Waals surface area contributed by atoms with Gasteiger partial charge in [0.05, 0.1) is 24.5 Å². The molecular formula is C12H17F3N4O2. The Hall–Kier alpha value is -1.61. The smallest absolute Gasteiger partial charge is 0.366 e. The van der Waals surface area contributed by atoms with Crippen molar-refractivity contribution in [1.29, 1.82) is 0 Å². The van der Waals surface area contributed by atoms with Crippen LogP contribution in [0.3, 0.4) is 0 Å². The van der Waals surface area contributed by atoms with E-state index in [2.05, 4.69) is 15.2 Å². The lowest BCUT2D eigenvalue weighted by molar-refractivity contribution is -0.236. The fraction of sp³-hybridized carbons (Fsp3) is 0.667. The summed E-state index contributed by atoms with van der Waals surface area (Å²) in [6.07, 6.45) is -4.60. The van der Waals surface area contributed by atoms with E-state index in [1.165, 1.54) is 4.90 Å². The molecule has 1 aliphatic heterocycles. The van der Waals surface area contributed by atoms with Crippen molar-refractivity contribution in [2.75, 3.05) is 31.6 Å². The van der Waals surface area contributed by atoms with E-state index in [9.17, 15) is 18.0 Å². The van der Waals surface area contributed by atoms with Gasteiger partial charge in [0.1, 0.15) is 0 Å². The molecule has 1 N–H and O–H groups in total. The van der Waals surface area contributed by atoms with E-state index in [0.717, 1.165) is 0 Å². The van der Waals surface area contributed by atoms with Crippen LogP contribution in [0.1, 0.15) is 5.69 Å². The van der Waals surface area contributed by atoms with E-state index in [-0.39, 0.29) is 25.6 Å². The van der Waals surface area contributed by atoms with Crippen LogP contribution in [0, 0.1) is 6.92 Å². The normalized spacial score (nSPS) is 20.5. The Bertz CT molecular complexity index is 515. The average Bonchev–Trinajstić information content (AvgIpc) is 2.67. The number of rotatable bonds is 3. The Balaban J connectivity index is 1.89. The molecule has 1 aromatic heterocycles. The highest BCUT2D eigenvalue weighted by atomic mass is 19.4. The van der Waals surface area contributed by atoms with Crippen molar-refractivity contribution in [2.45, 2.75) is 19.2 Å². The van der Waals surface area contributed by atoms with Crippen molar-refractivity contribution in [2.24, 2.45) is 7.05 Å². The Labute approximate surface area is 119 Å². The summed E-state index contributed by atoms with van der Waals surface area (Å²) in [5.74, 6) is -0.367. The number of carbonyl (C=O) groups is 1. The second kappa shape index (κ2) is 6.02. The summed E-state index contributed by atoms with van der Waals surface area (Å²) < 4.78 is 44.0. The number of ether oxygens (including phenoxy) is 1. The van der Waals surface area contributed by atoms with Gasteiger partial charge in [0.25, 0.3) is 0 Å². The Morgan fingerprint density at radius 2 is 2.29 bits per heavy atom. The summed E-state index contributed by atoms with van der Waals surface area (Å²) in [7, 11) is 1.72. The molecule has 1 aliphatic rings. The highest BCUT2D eigenvalue weighted by Crippen LogP contribution is 2.25. The molecule has 1 fully saturated rings.